The molecule has 1 aliphatic rings. The van der Waals surface area contributed by atoms with Crippen LogP contribution >= 0.6 is 31.9 Å². The first-order chi connectivity index (χ1) is 7.20. The SMILES string of the molecule is O=C1CC(CBr)CN1c1cnc(Br)cn1. The van der Waals surface area contributed by atoms with Gasteiger partial charge in [-0.15, -0.1) is 0 Å². The second kappa shape index (κ2) is 4.57. The summed E-state index contributed by atoms with van der Waals surface area (Å²) in [7, 11) is 0. The molecular weight excluding hydrogens is 326 g/mol. The van der Waals surface area contributed by atoms with Crippen molar-refractivity contribution in [2.45, 2.75) is 6.42 Å². The summed E-state index contributed by atoms with van der Waals surface area (Å²) in [5.41, 5.74) is 0. The molecule has 15 heavy (non-hydrogen) atoms. The lowest BCUT2D eigenvalue weighted by molar-refractivity contribution is -0.117. The molecular formula is C9H9Br2N3O. The van der Waals surface area contributed by atoms with Gasteiger partial charge in [0.1, 0.15) is 4.60 Å². The number of nitrogens with zero attached hydrogens (tertiary/aromatic N) is 3. The summed E-state index contributed by atoms with van der Waals surface area (Å²) >= 11 is 6.60. The minimum absolute atomic E-state index is 0.121. The molecule has 0 spiro atoms. The standard InChI is InChI=1S/C9H9Br2N3O/c10-2-6-1-9(15)14(5-6)8-4-12-7(11)3-13-8/h3-4,6H,1-2,5H2. The first-order valence-electron chi connectivity index (χ1n) is 4.54. The van der Waals surface area contributed by atoms with Gasteiger partial charge in [0, 0.05) is 18.3 Å². The summed E-state index contributed by atoms with van der Waals surface area (Å²) in [4.78, 5) is 21.6. The van der Waals surface area contributed by atoms with E-state index in [1.807, 2.05) is 0 Å². The molecule has 2 rings (SSSR count). The van der Waals surface area contributed by atoms with Crippen LogP contribution in [-0.4, -0.2) is 27.7 Å². The molecule has 1 atom stereocenters. The van der Waals surface area contributed by atoms with Crippen LogP contribution in [0.5, 0.6) is 0 Å². The van der Waals surface area contributed by atoms with E-state index in [0.29, 0.717) is 22.8 Å². The van der Waals surface area contributed by atoms with Gasteiger partial charge in [-0.25, -0.2) is 9.97 Å². The summed E-state index contributed by atoms with van der Waals surface area (Å²) in [6, 6.07) is 0. The van der Waals surface area contributed by atoms with Gasteiger partial charge in [0.2, 0.25) is 5.91 Å². The van der Waals surface area contributed by atoms with Gasteiger partial charge in [-0.1, -0.05) is 15.9 Å². The zero-order chi connectivity index (χ0) is 10.8. The lowest BCUT2D eigenvalue weighted by atomic mass is 10.2. The Hall–Kier alpha value is -0.490. The Labute approximate surface area is 104 Å². The maximum atomic E-state index is 11.7. The molecule has 1 aliphatic heterocycles. The number of amides is 1. The first kappa shape index (κ1) is 11.0. The number of aromatic nitrogens is 2. The van der Waals surface area contributed by atoms with E-state index in [9.17, 15) is 4.79 Å². The third-order valence-electron chi connectivity index (χ3n) is 2.31. The molecule has 80 valence electrons. The Morgan fingerprint density at radius 3 is 2.80 bits per heavy atom. The van der Waals surface area contributed by atoms with Crippen molar-refractivity contribution < 1.29 is 4.79 Å². The minimum atomic E-state index is 0.121. The fraction of sp³-hybridized carbons (Fsp3) is 0.444. The van der Waals surface area contributed by atoms with E-state index in [1.165, 1.54) is 0 Å². The molecule has 0 aliphatic carbocycles. The van der Waals surface area contributed by atoms with E-state index in [-0.39, 0.29) is 5.91 Å². The number of anilines is 1. The molecule has 0 aromatic carbocycles. The highest BCUT2D eigenvalue weighted by Gasteiger charge is 2.30. The number of hydrogen-bond acceptors (Lipinski definition) is 3. The Bertz CT molecular complexity index is 368. The highest BCUT2D eigenvalue weighted by Crippen LogP contribution is 2.24. The number of hydrogen-bond donors (Lipinski definition) is 0. The predicted octanol–water partition coefficient (Wildman–Crippen LogP) is 1.99. The molecule has 6 heteroatoms. The van der Waals surface area contributed by atoms with E-state index >= 15 is 0 Å². The average molecular weight is 335 g/mol. The largest absolute Gasteiger partial charge is 0.295 e. The third kappa shape index (κ3) is 2.36. The molecule has 2 heterocycles. The second-order valence-corrected chi connectivity index (χ2v) is 4.89. The highest BCUT2D eigenvalue weighted by atomic mass is 79.9. The number of rotatable bonds is 2. The van der Waals surface area contributed by atoms with Crippen LogP contribution in [0.3, 0.4) is 0 Å². The van der Waals surface area contributed by atoms with Crippen LogP contribution in [0.15, 0.2) is 17.0 Å². The van der Waals surface area contributed by atoms with Crippen LogP contribution in [0.4, 0.5) is 5.82 Å². The molecule has 0 radical (unpaired) electrons. The molecule has 1 saturated heterocycles. The lowest BCUT2D eigenvalue weighted by Crippen LogP contribution is -2.25. The number of carbonyl (C=O) groups excluding carboxylic acids is 1. The first-order valence-corrected chi connectivity index (χ1v) is 6.46. The Morgan fingerprint density at radius 2 is 2.27 bits per heavy atom. The van der Waals surface area contributed by atoms with Gasteiger partial charge >= 0.3 is 0 Å². The molecule has 1 aromatic heterocycles. The van der Waals surface area contributed by atoms with Gasteiger partial charge in [-0.3, -0.25) is 9.69 Å². The Morgan fingerprint density at radius 1 is 1.47 bits per heavy atom. The van der Waals surface area contributed by atoms with Gasteiger partial charge in [0.15, 0.2) is 5.82 Å². The average Bonchev–Trinajstić information content (AvgIpc) is 2.61. The Balaban J connectivity index is 2.18. The number of carbonyl (C=O) groups is 1. The van der Waals surface area contributed by atoms with Crippen molar-refractivity contribution in [3.05, 3.63) is 17.0 Å². The number of halogens is 2. The van der Waals surface area contributed by atoms with Crippen molar-refractivity contribution >= 4 is 43.6 Å². The predicted molar refractivity (Wildman–Crippen MR) is 64.0 cm³/mol. The maximum absolute atomic E-state index is 11.7. The molecule has 1 fully saturated rings. The summed E-state index contributed by atoms with van der Waals surface area (Å²) in [5.74, 6) is 1.13. The molecule has 0 bridgehead atoms. The maximum Gasteiger partial charge on any atom is 0.228 e. The fourth-order valence-electron chi connectivity index (χ4n) is 1.55. The summed E-state index contributed by atoms with van der Waals surface area (Å²) in [6.45, 7) is 0.723. The fourth-order valence-corrected chi connectivity index (χ4v) is 2.19. The van der Waals surface area contributed by atoms with E-state index in [0.717, 1.165) is 11.9 Å². The van der Waals surface area contributed by atoms with Crippen LogP contribution in [-0.2, 0) is 4.79 Å². The quantitative estimate of drug-likeness (QED) is 0.777. The summed E-state index contributed by atoms with van der Waals surface area (Å²) < 4.78 is 0.676. The van der Waals surface area contributed by atoms with Gasteiger partial charge in [-0.2, -0.15) is 0 Å². The number of alkyl halides is 1. The van der Waals surface area contributed by atoms with Crippen LogP contribution in [0.2, 0.25) is 0 Å². The van der Waals surface area contributed by atoms with Crippen molar-refractivity contribution in [2.24, 2.45) is 5.92 Å². The lowest BCUT2D eigenvalue weighted by Gasteiger charge is -2.14. The second-order valence-electron chi connectivity index (χ2n) is 3.43. The van der Waals surface area contributed by atoms with Gasteiger partial charge in [0.25, 0.3) is 0 Å². The van der Waals surface area contributed by atoms with E-state index in [1.54, 1.807) is 17.3 Å². The van der Waals surface area contributed by atoms with Crippen molar-refractivity contribution in [2.75, 3.05) is 16.8 Å². The summed E-state index contributed by atoms with van der Waals surface area (Å²) in [6.07, 6.45) is 3.80. The van der Waals surface area contributed by atoms with Crippen LogP contribution in [0, 0.1) is 5.92 Å². The zero-order valence-corrected chi connectivity index (χ0v) is 11.0. The summed E-state index contributed by atoms with van der Waals surface area (Å²) in [5, 5.41) is 0.846. The molecule has 0 saturated carbocycles. The van der Waals surface area contributed by atoms with E-state index in [4.69, 9.17) is 0 Å². The molecule has 1 amide bonds. The Kier molecular flexibility index (Phi) is 3.35. The van der Waals surface area contributed by atoms with Crippen molar-refractivity contribution in [1.82, 2.24) is 9.97 Å². The molecule has 4 nitrogen and oxygen atoms in total. The van der Waals surface area contributed by atoms with E-state index in [2.05, 4.69) is 41.8 Å². The van der Waals surface area contributed by atoms with Crippen molar-refractivity contribution in [1.29, 1.82) is 0 Å². The van der Waals surface area contributed by atoms with Gasteiger partial charge < -0.3 is 0 Å². The molecule has 1 aromatic rings. The van der Waals surface area contributed by atoms with Gasteiger partial charge in [-0.05, 0) is 21.8 Å². The normalized spacial score (nSPS) is 21.1. The van der Waals surface area contributed by atoms with Crippen molar-refractivity contribution in [3.8, 4) is 0 Å². The third-order valence-corrected chi connectivity index (χ3v) is 3.63. The van der Waals surface area contributed by atoms with E-state index < -0.39 is 0 Å². The van der Waals surface area contributed by atoms with Crippen molar-refractivity contribution in [3.63, 3.8) is 0 Å². The van der Waals surface area contributed by atoms with Crippen LogP contribution in [0.25, 0.3) is 0 Å². The van der Waals surface area contributed by atoms with Crippen LogP contribution in [0.1, 0.15) is 6.42 Å². The highest BCUT2D eigenvalue weighted by molar-refractivity contribution is 9.10. The monoisotopic (exact) mass is 333 g/mol. The smallest absolute Gasteiger partial charge is 0.228 e. The zero-order valence-electron chi connectivity index (χ0n) is 7.86. The topological polar surface area (TPSA) is 46.1 Å². The van der Waals surface area contributed by atoms with Gasteiger partial charge in [0.05, 0.1) is 12.4 Å². The van der Waals surface area contributed by atoms with Crippen LogP contribution < -0.4 is 4.90 Å². The minimum Gasteiger partial charge on any atom is -0.295 e. The molecule has 0 N–H and O–H groups in total. The molecule has 1 unspecified atom stereocenters.